The molecule has 1 atom stereocenters. The van der Waals surface area contributed by atoms with Crippen LogP contribution in [0.3, 0.4) is 0 Å². The number of hydrogen-bond acceptors (Lipinski definition) is 3. The molecule has 4 aliphatic rings. The highest BCUT2D eigenvalue weighted by Gasteiger charge is 2.53. The van der Waals surface area contributed by atoms with E-state index in [0.29, 0.717) is 13.1 Å². The summed E-state index contributed by atoms with van der Waals surface area (Å²) >= 11 is 0. The minimum Gasteiger partial charge on any atom is -0.349 e. The molecule has 4 bridgehead atoms. The first-order chi connectivity index (χ1) is 14.2. The molecule has 4 fully saturated rings. The van der Waals surface area contributed by atoms with Crippen molar-refractivity contribution in [3.05, 3.63) is 29.6 Å². The summed E-state index contributed by atoms with van der Waals surface area (Å²) in [6.07, 6.45) is 7.37. The first-order valence-corrected chi connectivity index (χ1v) is 12.7. The van der Waals surface area contributed by atoms with Crippen molar-refractivity contribution < 1.29 is 17.6 Å². The van der Waals surface area contributed by atoms with Gasteiger partial charge in [-0.1, -0.05) is 13.8 Å². The predicted octanol–water partition coefficient (Wildman–Crippen LogP) is 4.19. The maximum atomic E-state index is 14.5. The van der Waals surface area contributed by atoms with E-state index in [0.717, 1.165) is 43.1 Å². The Balaban J connectivity index is 1.55. The van der Waals surface area contributed by atoms with E-state index in [1.54, 1.807) is 13.8 Å². The Kier molecular flexibility index (Phi) is 5.73. The molecule has 0 aromatic heterocycles. The second-order valence-electron chi connectivity index (χ2n) is 9.71. The molecular formula is C23H33FN2O3S. The molecule has 0 unspecified atom stereocenters. The van der Waals surface area contributed by atoms with Crippen LogP contribution in [0.4, 0.5) is 4.39 Å². The highest BCUT2D eigenvalue weighted by Crippen LogP contribution is 2.61. The van der Waals surface area contributed by atoms with Crippen molar-refractivity contribution >= 4 is 15.9 Å². The lowest BCUT2D eigenvalue weighted by molar-refractivity contribution is -0.0688. The average Bonchev–Trinajstić information content (AvgIpc) is 2.67. The van der Waals surface area contributed by atoms with E-state index in [4.69, 9.17) is 0 Å². The van der Waals surface area contributed by atoms with Gasteiger partial charge in [0, 0.05) is 19.1 Å². The van der Waals surface area contributed by atoms with Gasteiger partial charge in [-0.3, -0.25) is 4.79 Å². The summed E-state index contributed by atoms with van der Waals surface area (Å²) in [6, 6.07) is 3.45. The summed E-state index contributed by atoms with van der Waals surface area (Å²) in [5.74, 6) is 1.07. The topological polar surface area (TPSA) is 66.5 Å². The SMILES string of the molecule is CCN(CC)S(=O)(=O)c1ccc(F)c(C(=O)N[C@H](C)C23CC4CC(CC(C4)C2)C3)c1. The second kappa shape index (κ2) is 7.90. The molecule has 5 nitrogen and oxygen atoms in total. The highest BCUT2D eigenvalue weighted by molar-refractivity contribution is 7.89. The smallest absolute Gasteiger partial charge is 0.254 e. The van der Waals surface area contributed by atoms with Crippen LogP contribution in [0, 0.1) is 29.0 Å². The second-order valence-corrected chi connectivity index (χ2v) is 11.6. The Labute approximate surface area is 179 Å². The molecule has 0 spiro atoms. The maximum Gasteiger partial charge on any atom is 0.254 e. The van der Waals surface area contributed by atoms with Gasteiger partial charge in [0.1, 0.15) is 5.82 Å². The van der Waals surface area contributed by atoms with E-state index in [1.807, 2.05) is 6.92 Å². The van der Waals surface area contributed by atoms with Crippen LogP contribution in [0.15, 0.2) is 23.1 Å². The van der Waals surface area contributed by atoms with Crippen molar-refractivity contribution in [1.29, 1.82) is 0 Å². The first-order valence-electron chi connectivity index (χ1n) is 11.3. The molecule has 7 heteroatoms. The Hall–Kier alpha value is -1.47. The van der Waals surface area contributed by atoms with Crippen LogP contribution in [-0.2, 0) is 10.0 Å². The Morgan fingerprint density at radius 2 is 1.67 bits per heavy atom. The number of nitrogens with one attached hydrogen (secondary N) is 1. The highest BCUT2D eigenvalue weighted by atomic mass is 32.2. The number of amides is 1. The van der Waals surface area contributed by atoms with Crippen LogP contribution in [0.1, 0.15) is 69.7 Å². The summed E-state index contributed by atoms with van der Waals surface area (Å²) in [4.78, 5) is 13.0. The number of nitrogens with zero attached hydrogens (tertiary/aromatic N) is 1. The quantitative estimate of drug-likeness (QED) is 0.697. The van der Waals surface area contributed by atoms with Crippen molar-refractivity contribution in [2.45, 2.75) is 70.2 Å². The largest absolute Gasteiger partial charge is 0.349 e. The van der Waals surface area contributed by atoms with Gasteiger partial charge in [0.15, 0.2) is 0 Å². The van der Waals surface area contributed by atoms with Crippen molar-refractivity contribution in [3.8, 4) is 0 Å². The molecule has 4 saturated carbocycles. The van der Waals surface area contributed by atoms with Gasteiger partial charge in [-0.2, -0.15) is 4.31 Å². The number of benzene rings is 1. The van der Waals surface area contributed by atoms with Crippen molar-refractivity contribution in [1.82, 2.24) is 9.62 Å². The predicted molar refractivity (Wildman–Crippen MR) is 114 cm³/mol. The number of halogens is 1. The monoisotopic (exact) mass is 436 g/mol. The molecule has 0 aliphatic heterocycles. The fourth-order valence-electron chi connectivity index (χ4n) is 6.69. The van der Waals surface area contributed by atoms with E-state index < -0.39 is 21.7 Å². The molecular weight excluding hydrogens is 403 g/mol. The van der Waals surface area contributed by atoms with Gasteiger partial charge in [0.25, 0.3) is 5.91 Å². The molecule has 1 N–H and O–H groups in total. The fraction of sp³-hybridized carbons (Fsp3) is 0.696. The van der Waals surface area contributed by atoms with Crippen molar-refractivity contribution in [3.63, 3.8) is 0 Å². The van der Waals surface area contributed by atoms with Crippen LogP contribution in [-0.4, -0.2) is 37.8 Å². The molecule has 1 amide bonds. The summed E-state index contributed by atoms with van der Waals surface area (Å²) in [6.45, 7) is 6.19. The maximum absolute atomic E-state index is 14.5. The normalized spacial score (nSPS) is 31.2. The van der Waals surface area contributed by atoms with Crippen LogP contribution in [0.25, 0.3) is 0 Å². The summed E-state index contributed by atoms with van der Waals surface area (Å²) in [7, 11) is -3.75. The Morgan fingerprint density at radius 1 is 1.13 bits per heavy atom. The van der Waals surface area contributed by atoms with E-state index >= 15 is 0 Å². The molecule has 1 aromatic carbocycles. The summed E-state index contributed by atoms with van der Waals surface area (Å²) in [5.41, 5.74) is -0.0917. The molecule has 1 aromatic rings. The average molecular weight is 437 g/mol. The van der Waals surface area contributed by atoms with E-state index in [9.17, 15) is 17.6 Å². The van der Waals surface area contributed by atoms with Gasteiger partial charge in [0.05, 0.1) is 10.5 Å². The van der Waals surface area contributed by atoms with E-state index in [2.05, 4.69) is 5.32 Å². The van der Waals surface area contributed by atoms with Gasteiger partial charge in [-0.25, -0.2) is 12.8 Å². The molecule has 0 heterocycles. The van der Waals surface area contributed by atoms with Gasteiger partial charge >= 0.3 is 0 Å². The Bertz CT molecular complexity index is 891. The summed E-state index contributed by atoms with van der Waals surface area (Å²) < 4.78 is 41.4. The van der Waals surface area contributed by atoms with E-state index in [1.165, 1.54) is 35.7 Å². The van der Waals surface area contributed by atoms with Crippen molar-refractivity contribution in [2.24, 2.45) is 23.2 Å². The minimum atomic E-state index is -3.75. The number of carbonyl (C=O) groups excluding carboxylic acids is 1. The molecule has 30 heavy (non-hydrogen) atoms. The van der Waals surface area contributed by atoms with Crippen LogP contribution < -0.4 is 5.32 Å². The van der Waals surface area contributed by atoms with Gasteiger partial charge < -0.3 is 5.32 Å². The lowest BCUT2D eigenvalue weighted by Crippen LogP contribution is -2.55. The third-order valence-corrected chi connectivity index (χ3v) is 9.92. The Morgan fingerprint density at radius 3 is 2.17 bits per heavy atom. The third-order valence-electron chi connectivity index (χ3n) is 7.88. The zero-order valence-electron chi connectivity index (χ0n) is 18.2. The number of hydrogen-bond donors (Lipinski definition) is 1. The molecule has 166 valence electrons. The lowest BCUT2D eigenvalue weighted by Gasteiger charge is -2.59. The molecule has 0 saturated heterocycles. The molecule has 5 rings (SSSR count). The number of rotatable bonds is 7. The van der Waals surface area contributed by atoms with Gasteiger partial charge in [-0.15, -0.1) is 0 Å². The lowest BCUT2D eigenvalue weighted by atomic mass is 9.48. The fourth-order valence-corrected chi connectivity index (χ4v) is 8.17. The first kappa shape index (κ1) is 21.8. The standard InChI is InChI=1S/C23H33FN2O3S/c1-4-26(5-2)30(28,29)19-6-7-21(24)20(11-19)22(27)25-15(3)23-12-16-8-17(13-23)10-18(9-16)14-23/h6-7,11,15-18H,4-5,8-10,12-14H2,1-3H3,(H,25,27)/t15-,16?,17?,18?,23?/m1/s1. The molecule has 4 aliphatic carbocycles. The number of sulfonamides is 1. The van der Waals surface area contributed by atoms with Crippen molar-refractivity contribution in [2.75, 3.05) is 13.1 Å². The van der Waals surface area contributed by atoms with Gasteiger partial charge in [0.2, 0.25) is 10.0 Å². The third kappa shape index (κ3) is 3.68. The number of carbonyl (C=O) groups is 1. The van der Waals surface area contributed by atoms with E-state index in [-0.39, 0.29) is 21.9 Å². The minimum absolute atomic E-state index is 0.0415. The van der Waals surface area contributed by atoms with Crippen LogP contribution in [0.2, 0.25) is 0 Å². The van der Waals surface area contributed by atoms with Crippen LogP contribution >= 0.6 is 0 Å². The van der Waals surface area contributed by atoms with Gasteiger partial charge in [-0.05, 0) is 86.8 Å². The molecule has 0 radical (unpaired) electrons. The zero-order chi connectivity index (χ0) is 21.7. The zero-order valence-corrected chi connectivity index (χ0v) is 19.0. The summed E-state index contributed by atoms with van der Waals surface area (Å²) in [5, 5.41) is 3.04. The van der Waals surface area contributed by atoms with Crippen LogP contribution in [0.5, 0.6) is 0 Å².